The molecule has 1 aliphatic heterocycles. The number of amides is 4. The highest BCUT2D eigenvalue weighted by Crippen LogP contribution is 2.23. The molecule has 1 rings (SSSR count). The van der Waals surface area contributed by atoms with Gasteiger partial charge in [0, 0.05) is 34.1 Å². The lowest BCUT2D eigenvalue weighted by atomic mass is 10.0. The Hall–Kier alpha value is -2.37. The molecule has 0 aromatic rings. The first kappa shape index (κ1) is 30.7. The summed E-state index contributed by atoms with van der Waals surface area (Å²) in [7, 11) is 2.94. The maximum atomic E-state index is 13.8. The highest BCUT2D eigenvalue weighted by Gasteiger charge is 2.43. The molecule has 202 valence electrons. The summed E-state index contributed by atoms with van der Waals surface area (Å²) in [5.74, 6) is -2.27. The van der Waals surface area contributed by atoms with Crippen LogP contribution in [0.3, 0.4) is 0 Å². The summed E-state index contributed by atoms with van der Waals surface area (Å²) < 4.78 is 41.4. The van der Waals surface area contributed by atoms with Crippen LogP contribution in [0.1, 0.15) is 53.9 Å². The van der Waals surface area contributed by atoms with Gasteiger partial charge in [-0.05, 0) is 31.1 Å². The fourth-order valence-corrected chi connectivity index (χ4v) is 4.07. The molecule has 4 atom stereocenters. The Balaban J connectivity index is 2.96. The Morgan fingerprint density at radius 2 is 1.69 bits per heavy atom. The Kier molecular flexibility index (Phi) is 11.5. The average Bonchev–Trinajstić information content (AvgIpc) is 3.21. The van der Waals surface area contributed by atoms with Gasteiger partial charge in [0.25, 0.3) is 0 Å². The summed E-state index contributed by atoms with van der Waals surface area (Å²) >= 11 is 0. The van der Waals surface area contributed by atoms with Crippen LogP contribution in [-0.2, 0) is 19.2 Å². The van der Waals surface area contributed by atoms with Crippen LogP contribution in [0, 0.1) is 11.8 Å². The highest BCUT2D eigenvalue weighted by molar-refractivity contribution is 5.92. The molecule has 1 fully saturated rings. The lowest BCUT2D eigenvalue weighted by molar-refractivity contribution is -0.160. The lowest BCUT2D eigenvalue weighted by Gasteiger charge is -2.32. The topological polar surface area (TPSA) is 111 Å². The van der Waals surface area contributed by atoms with Crippen LogP contribution in [0.15, 0.2) is 0 Å². The van der Waals surface area contributed by atoms with Crippen molar-refractivity contribution in [1.29, 1.82) is 0 Å². The van der Waals surface area contributed by atoms with Crippen LogP contribution in [0.5, 0.6) is 0 Å². The molecule has 0 aliphatic carbocycles. The maximum absolute atomic E-state index is 13.8. The summed E-state index contributed by atoms with van der Waals surface area (Å²) in [6.07, 6.45) is -3.69. The van der Waals surface area contributed by atoms with Crippen LogP contribution in [-0.4, -0.2) is 91.0 Å². The van der Waals surface area contributed by atoms with Gasteiger partial charge in [0.2, 0.25) is 23.6 Å². The van der Waals surface area contributed by atoms with Crippen molar-refractivity contribution in [3.63, 3.8) is 0 Å². The minimum absolute atomic E-state index is 0.0320. The molecule has 0 unspecified atom stereocenters. The molecular weight excluding hydrogens is 467 g/mol. The third kappa shape index (κ3) is 9.30. The molecule has 0 aromatic carbocycles. The zero-order valence-electron chi connectivity index (χ0n) is 21.7. The molecule has 35 heavy (non-hydrogen) atoms. The summed E-state index contributed by atoms with van der Waals surface area (Å²) in [5.41, 5.74) is 0. The van der Waals surface area contributed by atoms with Crippen LogP contribution >= 0.6 is 0 Å². The Morgan fingerprint density at radius 3 is 2.14 bits per heavy atom. The smallest absolute Gasteiger partial charge is 0.352 e. The van der Waals surface area contributed by atoms with Gasteiger partial charge < -0.3 is 20.4 Å². The Bertz CT molecular complexity index is 758. The van der Waals surface area contributed by atoms with Gasteiger partial charge in [-0.1, -0.05) is 27.7 Å². The summed E-state index contributed by atoms with van der Waals surface area (Å²) in [6, 6.07) is -4.98. The van der Waals surface area contributed by atoms with Crippen molar-refractivity contribution in [2.75, 3.05) is 27.2 Å². The van der Waals surface area contributed by atoms with E-state index in [-0.39, 0.29) is 30.7 Å². The van der Waals surface area contributed by atoms with E-state index in [0.717, 1.165) is 0 Å². The fourth-order valence-electron chi connectivity index (χ4n) is 4.07. The number of hydrogen-bond acceptors (Lipinski definition) is 5. The van der Waals surface area contributed by atoms with E-state index in [0.29, 0.717) is 12.8 Å². The number of hydrogen-bond donors (Lipinski definition) is 3. The second-order valence-electron chi connectivity index (χ2n) is 10.0. The highest BCUT2D eigenvalue weighted by atomic mass is 19.4. The molecular formula is C23H40F3N5O4. The maximum Gasteiger partial charge on any atom is 0.405 e. The molecule has 4 amide bonds. The molecule has 1 heterocycles. The number of alkyl halides is 3. The second kappa shape index (κ2) is 13.1. The zero-order chi connectivity index (χ0) is 27.1. The van der Waals surface area contributed by atoms with Crippen LogP contribution in [0.4, 0.5) is 13.2 Å². The minimum atomic E-state index is -4.71. The van der Waals surface area contributed by atoms with E-state index in [1.165, 1.54) is 30.8 Å². The standard InChI is InChI=1S/C23H40F3N5O4/c1-13(2)11-16(21(34)30(6)7)29-18(23(24,25)26)12-27-20(33)17-9-8-10-31(17)22(35)19(14(3)4)28-15(5)32/h13-14,16-19,29H,8-12H2,1-7H3,(H,27,33)(H,28,32)/t16-,17+,18-,19-/m0/s1. The van der Waals surface area contributed by atoms with Crippen molar-refractivity contribution < 1.29 is 32.3 Å². The summed E-state index contributed by atoms with van der Waals surface area (Å²) in [6.45, 7) is 7.90. The molecule has 1 saturated heterocycles. The van der Waals surface area contributed by atoms with E-state index >= 15 is 0 Å². The first-order valence-corrected chi connectivity index (χ1v) is 11.9. The van der Waals surface area contributed by atoms with Crippen LogP contribution in [0.25, 0.3) is 0 Å². The first-order chi connectivity index (χ1) is 16.1. The van der Waals surface area contributed by atoms with Gasteiger partial charge in [-0.2, -0.15) is 13.2 Å². The van der Waals surface area contributed by atoms with Crippen LogP contribution < -0.4 is 16.0 Å². The third-order valence-corrected chi connectivity index (χ3v) is 5.85. The van der Waals surface area contributed by atoms with E-state index in [1.807, 2.05) is 0 Å². The van der Waals surface area contributed by atoms with Crippen LogP contribution in [0.2, 0.25) is 0 Å². The lowest BCUT2D eigenvalue weighted by Crippen LogP contribution is -2.59. The molecule has 0 saturated carbocycles. The van der Waals surface area contributed by atoms with E-state index in [1.54, 1.807) is 27.7 Å². The van der Waals surface area contributed by atoms with Crippen molar-refractivity contribution in [2.24, 2.45) is 11.8 Å². The predicted octanol–water partition coefficient (Wildman–Crippen LogP) is 1.28. The van der Waals surface area contributed by atoms with E-state index in [4.69, 9.17) is 0 Å². The van der Waals surface area contributed by atoms with Crippen molar-refractivity contribution >= 4 is 23.6 Å². The van der Waals surface area contributed by atoms with Gasteiger partial charge in [0.05, 0.1) is 6.04 Å². The Labute approximate surface area is 205 Å². The van der Waals surface area contributed by atoms with Gasteiger partial charge in [-0.15, -0.1) is 0 Å². The monoisotopic (exact) mass is 507 g/mol. The largest absolute Gasteiger partial charge is 0.405 e. The number of carbonyl (C=O) groups is 4. The number of likely N-dealkylation sites (tertiary alicyclic amines) is 1. The number of likely N-dealkylation sites (N-methyl/N-ethyl adjacent to an activating group) is 1. The number of nitrogens with zero attached hydrogens (tertiary/aromatic N) is 2. The molecule has 9 nitrogen and oxygen atoms in total. The van der Waals surface area contributed by atoms with Gasteiger partial charge >= 0.3 is 6.18 Å². The summed E-state index contributed by atoms with van der Waals surface area (Å²) in [4.78, 5) is 52.4. The number of rotatable bonds is 11. The SMILES string of the molecule is CC(=O)N[C@H](C(=O)N1CCC[C@@H]1C(=O)NC[C@H](N[C@@H](CC(C)C)C(=O)N(C)C)C(F)(F)F)C(C)C. The number of carbonyl (C=O) groups excluding carboxylic acids is 4. The van der Waals surface area contributed by atoms with Crippen molar-refractivity contribution in [2.45, 2.75) is 84.2 Å². The summed E-state index contributed by atoms with van der Waals surface area (Å²) in [5, 5.41) is 7.29. The quantitative estimate of drug-likeness (QED) is 0.390. The van der Waals surface area contributed by atoms with E-state index < -0.39 is 54.6 Å². The second-order valence-corrected chi connectivity index (χ2v) is 10.0. The molecule has 0 spiro atoms. The fraction of sp³-hybridized carbons (Fsp3) is 0.826. The Morgan fingerprint density at radius 1 is 1.09 bits per heavy atom. The van der Waals surface area contributed by atoms with Gasteiger partial charge in [0.15, 0.2) is 0 Å². The van der Waals surface area contributed by atoms with Gasteiger partial charge in [-0.25, -0.2) is 0 Å². The van der Waals surface area contributed by atoms with Gasteiger partial charge in [-0.3, -0.25) is 24.5 Å². The predicted molar refractivity (Wildman–Crippen MR) is 125 cm³/mol. The minimum Gasteiger partial charge on any atom is -0.352 e. The molecule has 1 aliphatic rings. The van der Waals surface area contributed by atoms with Gasteiger partial charge in [0.1, 0.15) is 18.1 Å². The van der Waals surface area contributed by atoms with Crippen molar-refractivity contribution in [3.8, 4) is 0 Å². The zero-order valence-corrected chi connectivity index (χ0v) is 21.7. The molecule has 3 N–H and O–H groups in total. The first-order valence-electron chi connectivity index (χ1n) is 11.9. The van der Waals surface area contributed by atoms with E-state index in [2.05, 4.69) is 16.0 Å². The number of halogens is 3. The number of nitrogens with one attached hydrogen (secondary N) is 3. The molecule has 0 radical (unpaired) electrons. The van der Waals surface area contributed by atoms with Crippen molar-refractivity contribution in [3.05, 3.63) is 0 Å². The third-order valence-electron chi connectivity index (χ3n) is 5.85. The molecule has 0 aromatic heterocycles. The van der Waals surface area contributed by atoms with E-state index in [9.17, 15) is 32.3 Å². The van der Waals surface area contributed by atoms with Crippen molar-refractivity contribution in [1.82, 2.24) is 25.8 Å². The average molecular weight is 508 g/mol. The normalized spacial score (nSPS) is 18.9. The molecule has 0 bridgehead atoms. The molecule has 12 heteroatoms.